The third kappa shape index (κ3) is 8.24. The van der Waals surface area contributed by atoms with E-state index in [-0.39, 0.29) is 35.9 Å². The molecule has 0 radical (unpaired) electrons. The summed E-state index contributed by atoms with van der Waals surface area (Å²) in [5.74, 6) is -4.48. The first kappa shape index (κ1) is 36.5. The van der Waals surface area contributed by atoms with Crippen LogP contribution in [0, 0.1) is 40.4 Å². The van der Waals surface area contributed by atoms with Crippen molar-refractivity contribution in [1.82, 2.24) is 0 Å². The van der Waals surface area contributed by atoms with E-state index >= 15 is 0 Å². The number of aliphatic carboxylic acids is 1. The number of Topliss-reactive ketones (excluding diaryl/α,β-unsaturated/α-hetero) is 1. The van der Waals surface area contributed by atoms with Gasteiger partial charge in [-0.2, -0.15) is 22.0 Å². The summed E-state index contributed by atoms with van der Waals surface area (Å²) in [7, 11) is 0. The van der Waals surface area contributed by atoms with Crippen molar-refractivity contribution in [2.45, 2.75) is 160 Å². The molecular weight excluding hydrogens is 595 g/mol. The van der Waals surface area contributed by atoms with Gasteiger partial charge in [-0.1, -0.05) is 52.4 Å². The Labute approximate surface area is 265 Å². The number of hydrogen-bond acceptors (Lipinski definition) is 4. The highest BCUT2D eigenvalue weighted by molar-refractivity contribution is 5.79. The number of ether oxygens (including phenoxy) is 1. The number of rotatable bonds is 16. The molecule has 0 bridgehead atoms. The molecule has 0 aliphatic heterocycles. The number of alkyl halides is 5. The first-order chi connectivity index (χ1) is 21.1. The molecule has 2 N–H and O–H groups in total. The van der Waals surface area contributed by atoms with Gasteiger partial charge in [0.25, 0.3) is 0 Å². The number of carboxylic acids is 1. The van der Waals surface area contributed by atoms with Crippen molar-refractivity contribution in [1.29, 1.82) is 0 Å². The van der Waals surface area contributed by atoms with E-state index in [0.29, 0.717) is 55.3 Å². The van der Waals surface area contributed by atoms with Crippen molar-refractivity contribution in [3.05, 3.63) is 0 Å². The highest BCUT2D eigenvalue weighted by Crippen LogP contribution is 2.66. The van der Waals surface area contributed by atoms with E-state index in [9.17, 15) is 41.8 Å². The molecule has 0 aromatic heterocycles. The maximum absolute atomic E-state index is 13.1. The number of carboxylic acid groups (broad SMARTS) is 1. The molecule has 9 atom stereocenters. The van der Waals surface area contributed by atoms with Crippen molar-refractivity contribution in [3.63, 3.8) is 0 Å². The number of ketones is 1. The van der Waals surface area contributed by atoms with Crippen molar-refractivity contribution in [3.8, 4) is 0 Å². The summed E-state index contributed by atoms with van der Waals surface area (Å²) in [6.45, 7) is 5.36. The molecule has 0 saturated heterocycles. The molecule has 1 unspecified atom stereocenters. The monoisotopic (exact) mass is 650 g/mol. The number of carbonyl (C=O) groups excluding carboxylic acids is 1. The van der Waals surface area contributed by atoms with Gasteiger partial charge in [0.15, 0.2) is 0 Å². The fourth-order valence-corrected chi connectivity index (χ4v) is 9.98. The Kier molecular flexibility index (Phi) is 12.1. The highest BCUT2D eigenvalue weighted by Gasteiger charge is 2.63. The zero-order valence-corrected chi connectivity index (χ0v) is 27.2. The lowest BCUT2D eigenvalue weighted by molar-refractivity contribution is -0.284. The third-order valence-corrected chi connectivity index (χ3v) is 12.7. The Morgan fingerprint density at radius 3 is 2.22 bits per heavy atom. The fraction of sp³-hybridized carbons (Fsp3) is 0.943. The van der Waals surface area contributed by atoms with E-state index in [1.54, 1.807) is 0 Å². The number of aliphatic hydroxyl groups is 1. The molecule has 0 aromatic rings. The summed E-state index contributed by atoms with van der Waals surface area (Å²) in [6.07, 6.45) is 6.17. The topological polar surface area (TPSA) is 83.8 Å². The smallest absolute Gasteiger partial charge is 0.453 e. The summed E-state index contributed by atoms with van der Waals surface area (Å²) in [5, 5.41) is 20.4. The summed E-state index contributed by atoms with van der Waals surface area (Å²) in [4.78, 5) is 23.8. The molecule has 0 spiro atoms. The summed E-state index contributed by atoms with van der Waals surface area (Å²) in [5.41, 5.74) is 0.0114. The number of fused-ring (bicyclic) bond motifs is 5. The molecule has 260 valence electrons. The van der Waals surface area contributed by atoms with Gasteiger partial charge in [-0.25, -0.2) is 0 Å². The molecule has 0 amide bonds. The van der Waals surface area contributed by atoms with E-state index in [4.69, 9.17) is 4.74 Å². The molecule has 45 heavy (non-hydrogen) atoms. The van der Waals surface area contributed by atoms with Gasteiger partial charge >= 0.3 is 18.1 Å². The normalized spacial score (nSPS) is 35.9. The van der Waals surface area contributed by atoms with Gasteiger partial charge in [0.2, 0.25) is 0 Å². The minimum atomic E-state index is -5.60. The lowest BCUT2D eigenvalue weighted by Gasteiger charge is -2.62. The Morgan fingerprint density at radius 2 is 1.56 bits per heavy atom. The van der Waals surface area contributed by atoms with E-state index in [0.717, 1.165) is 77.0 Å². The van der Waals surface area contributed by atoms with Gasteiger partial charge in [-0.15, -0.1) is 0 Å². The molecule has 4 aliphatic rings. The summed E-state index contributed by atoms with van der Waals surface area (Å²) >= 11 is 0. The van der Waals surface area contributed by atoms with Gasteiger partial charge in [0.05, 0.1) is 18.1 Å². The van der Waals surface area contributed by atoms with Gasteiger partial charge in [-0.05, 0) is 98.7 Å². The zero-order chi connectivity index (χ0) is 33.0. The Hall–Kier alpha value is -1.29. The standard InChI is InChI=1S/C35H55F5O5/c1-32-19-17-25(41)21-24(32)13-14-26-27-15-16-29(42)33(27,2)22-28(30(26)32)45-20-9-7-5-3-4-6-8-11-23(31(43)44)12-10-18-34(36,37)35(38,39)40/h23-24,26-30,42H,3-22H2,1-2H3,(H,43,44)/t23?,24-,26-,27-,28-,29-,30+,32-,33-/m0/s1. The van der Waals surface area contributed by atoms with Crippen LogP contribution in [0.1, 0.15) is 136 Å². The molecular formula is C35H55F5O5. The fourth-order valence-electron chi connectivity index (χ4n) is 9.98. The van der Waals surface area contributed by atoms with Crippen molar-refractivity contribution >= 4 is 11.8 Å². The summed E-state index contributed by atoms with van der Waals surface area (Å²) in [6, 6.07) is 0. The van der Waals surface area contributed by atoms with Gasteiger partial charge in [0, 0.05) is 25.9 Å². The number of hydrogen-bond donors (Lipinski definition) is 2. The van der Waals surface area contributed by atoms with E-state index in [1.807, 2.05) is 0 Å². The highest BCUT2D eigenvalue weighted by atomic mass is 19.4. The van der Waals surface area contributed by atoms with Crippen LogP contribution in [0.3, 0.4) is 0 Å². The average Bonchev–Trinajstić information content (AvgIpc) is 3.25. The van der Waals surface area contributed by atoms with Gasteiger partial charge in [0.1, 0.15) is 5.78 Å². The second-order valence-corrected chi connectivity index (χ2v) is 15.4. The van der Waals surface area contributed by atoms with Crippen LogP contribution in [0.15, 0.2) is 0 Å². The lowest BCUT2D eigenvalue weighted by atomic mass is 9.44. The Balaban J connectivity index is 1.16. The number of halogens is 5. The molecule has 0 aromatic carbocycles. The molecule has 5 nitrogen and oxygen atoms in total. The first-order valence-corrected chi connectivity index (χ1v) is 17.6. The second-order valence-electron chi connectivity index (χ2n) is 15.4. The Morgan fingerprint density at radius 1 is 0.911 bits per heavy atom. The van der Waals surface area contributed by atoms with Crippen LogP contribution in [-0.4, -0.2) is 52.9 Å². The SMILES string of the molecule is C[C@]12CCC(=O)C[C@@H]1CC[C@@H]1[C@@H]2[C@@H](OCCCCCCCCCC(CCCC(F)(F)C(F)(F)F)C(=O)O)C[C@]2(C)[C@@H](O)CC[C@@H]12. The van der Waals surface area contributed by atoms with Crippen LogP contribution in [0.5, 0.6) is 0 Å². The molecule has 4 saturated carbocycles. The van der Waals surface area contributed by atoms with Crippen molar-refractivity contribution in [2.75, 3.05) is 6.61 Å². The predicted molar refractivity (Wildman–Crippen MR) is 161 cm³/mol. The van der Waals surface area contributed by atoms with Crippen molar-refractivity contribution < 1.29 is 46.5 Å². The number of carbonyl (C=O) groups is 2. The maximum atomic E-state index is 13.1. The molecule has 0 heterocycles. The second kappa shape index (κ2) is 14.9. The zero-order valence-electron chi connectivity index (χ0n) is 27.2. The molecule has 4 fully saturated rings. The van der Waals surface area contributed by atoms with Gasteiger partial charge in [-0.3, -0.25) is 9.59 Å². The third-order valence-electron chi connectivity index (χ3n) is 12.7. The average molecular weight is 651 g/mol. The molecule has 4 aliphatic carbocycles. The van der Waals surface area contributed by atoms with Crippen LogP contribution >= 0.6 is 0 Å². The van der Waals surface area contributed by atoms with Crippen LogP contribution in [0.25, 0.3) is 0 Å². The van der Waals surface area contributed by atoms with E-state index in [1.165, 1.54) is 0 Å². The molecule has 10 heteroatoms. The summed E-state index contributed by atoms with van der Waals surface area (Å²) < 4.78 is 70.0. The Bertz CT molecular complexity index is 1000. The maximum Gasteiger partial charge on any atom is 0.453 e. The van der Waals surface area contributed by atoms with E-state index in [2.05, 4.69) is 13.8 Å². The minimum Gasteiger partial charge on any atom is -0.481 e. The van der Waals surface area contributed by atoms with E-state index < -0.39 is 36.8 Å². The van der Waals surface area contributed by atoms with Gasteiger partial charge < -0.3 is 14.9 Å². The van der Waals surface area contributed by atoms with Crippen LogP contribution in [0.2, 0.25) is 0 Å². The van der Waals surface area contributed by atoms with Crippen LogP contribution in [-0.2, 0) is 14.3 Å². The first-order valence-electron chi connectivity index (χ1n) is 17.6. The number of unbranched alkanes of at least 4 members (excludes halogenated alkanes) is 6. The quantitative estimate of drug-likeness (QED) is 0.129. The largest absolute Gasteiger partial charge is 0.481 e. The minimum absolute atomic E-state index is 0.104. The van der Waals surface area contributed by atoms with Crippen molar-refractivity contribution in [2.24, 2.45) is 40.4 Å². The lowest BCUT2D eigenvalue weighted by Crippen LogP contribution is -2.60. The number of aliphatic hydroxyl groups excluding tert-OH is 1. The molecule has 4 rings (SSSR count). The van der Waals surface area contributed by atoms with Crippen LogP contribution < -0.4 is 0 Å². The predicted octanol–water partition coefficient (Wildman–Crippen LogP) is 9.14. The van der Waals surface area contributed by atoms with Crippen LogP contribution in [0.4, 0.5) is 22.0 Å².